The molecule has 21 heavy (non-hydrogen) atoms. The van der Waals surface area contributed by atoms with Crippen LogP contribution < -0.4 is 5.32 Å². The van der Waals surface area contributed by atoms with Crippen molar-refractivity contribution in [1.82, 2.24) is 5.32 Å². The van der Waals surface area contributed by atoms with Crippen LogP contribution in [-0.2, 0) is 6.42 Å². The second-order valence-corrected chi connectivity index (χ2v) is 5.34. The Kier molecular flexibility index (Phi) is 6.18. The fourth-order valence-corrected chi connectivity index (χ4v) is 2.45. The van der Waals surface area contributed by atoms with Gasteiger partial charge < -0.3 is 10.4 Å². The van der Waals surface area contributed by atoms with Crippen LogP contribution in [0.1, 0.15) is 23.7 Å². The third-order valence-corrected chi connectivity index (χ3v) is 3.72. The van der Waals surface area contributed by atoms with Crippen LogP contribution in [-0.4, -0.2) is 18.2 Å². The van der Waals surface area contributed by atoms with Gasteiger partial charge in [0.25, 0.3) is 0 Å². The Bertz CT molecular complexity index is 542. The van der Waals surface area contributed by atoms with Crippen molar-refractivity contribution in [2.45, 2.75) is 18.9 Å². The van der Waals surface area contributed by atoms with Crippen molar-refractivity contribution in [3.8, 4) is 0 Å². The van der Waals surface area contributed by atoms with Gasteiger partial charge in [0, 0.05) is 17.1 Å². The first-order valence-corrected chi connectivity index (χ1v) is 7.43. The zero-order valence-electron chi connectivity index (χ0n) is 11.7. The molecule has 0 spiro atoms. The molecule has 0 aromatic heterocycles. The van der Waals surface area contributed by atoms with Crippen LogP contribution >= 0.6 is 11.6 Å². The number of rotatable bonds is 7. The Labute approximate surface area is 129 Å². The van der Waals surface area contributed by atoms with E-state index in [1.54, 1.807) is 12.1 Å². The molecule has 0 aliphatic heterocycles. The number of benzene rings is 2. The molecule has 0 amide bonds. The molecule has 1 unspecified atom stereocenters. The summed E-state index contributed by atoms with van der Waals surface area (Å²) in [5.41, 5.74) is 1.45. The van der Waals surface area contributed by atoms with Crippen molar-refractivity contribution < 1.29 is 9.50 Å². The summed E-state index contributed by atoms with van der Waals surface area (Å²) in [5, 5.41) is 13.6. The van der Waals surface area contributed by atoms with Crippen molar-refractivity contribution in [1.29, 1.82) is 0 Å². The van der Waals surface area contributed by atoms with Crippen LogP contribution in [0.4, 0.5) is 4.39 Å². The molecule has 0 fully saturated rings. The quantitative estimate of drug-likeness (QED) is 0.764. The molecule has 2 rings (SSSR count). The van der Waals surface area contributed by atoms with Gasteiger partial charge in [-0.05, 0) is 37.1 Å². The van der Waals surface area contributed by atoms with Crippen LogP contribution in [0.3, 0.4) is 0 Å². The maximum absolute atomic E-state index is 13.6. The molecule has 0 heterocycles. The zero-order chi connectivity index (χ0) is 15.1. The number of nitrogens with one attached hydrogen (secondary N) is 1. The van der Waals surface area contributed by atoms with Crippen LogP contribution in [0.25, 0.3) is 0 Å². The maximum atomic E-state index is 13.6. The average Bonchev–Trinajstić information content (AvgIpc) is 2.50. The molecular weight excluding hydrogens is 289 g/mol. The lowest BCUT2D eigenvalue weighted by Gasteiger charge is -2.12. The number of aliphatic hydroxyl groups excluding tert-OH is 1. The summed E-state index contributed by atoms with van der Waals surface area (Å²) >= 11 is 5.97. The van der Waals surface area contributed by atoms with Crippen LogP contribution in [0.5, 0.6) is 0 Å². The van der Waals surface area contributed by atoms with E-state index in [0.717, 1.165) is 12.0 Å². The van der Waals surface area contributed by atoms with Gasteiger partial charge in [-0.2, -0.15) is 0 Å². The van der Waals surface area contributed by atoms with Crippen LogP contribution in [0.2, 0.25) is 5.02 Å². The summed E-state index contributed by atoms with van der Waals surface area (Å²) in [6.45, 7) is 1.18. The molecule has 2 aromatic rings. The highest BCUT2D eigenvalue weighted by Crippen LogP contribution is 2.20. The van der Waals surface area contributed by atoms with E-state index in [1.165, 1.54) is 6.07 Å². The molecule has 0 radical (unpaired) electrons. The molecule has 0 aliphatic rings. The Morgan fingerprint density at radius 3 is 2.57 bits per heavy atom. The van der Waals surface area contributed by atoms with E-state index < -0.39 is 6.10 Å². The maximum Gasteiger partial charge on any atom is 0.127 e. The Morgan fingerprint density at radius 1 is 1.10 bits per heavy atom. The summed E-state index contributed by atoms with van der Waals surface area (Å²) in [5.74, 6) is -0.258. The molecule has 0 saturated carbocycles. The van der Waals surface area contributed by atoms with Gasteiger partial charge in [-0.3, -0.25) is 0 Å². The van der Waals surface area contributed by atoms with E-state index in [9.17, 15) is 9.50 Å². The highest BCUT2D eigenvalue weighted by molar-refractivity contribution is 6.31. The minimum atomic E-state index is -0.525. The minimum Gasteiger partial charge on any atom is -0.387 e. The van der Waals surface area contributed by atoms with Crippen molar-refractivity contribution >= 4 is 11.6 Å². The molecular formula is C17H19ClFNO. The van der Waals surface area contributed by atoms with E-state index in [-0.39, 0.29) is 5.82 Å². The summed E-state index contributed by atoms with van der Waals surface area (Å²) in [6, 6.07) is 14.2. The summed E-state index contributed by atoms with van der Waals surface area (Å²) < 4.78 is 13.6. The van der Waals surface area contributed by atoms with Crippen molar-refractivity contribution in [2.24, 2.45) is 0 Å². The topological polar surface area (TPSA) is 32.3 Å². The van der Waals surface area contributed by atoms with E-state index in [0.29, 0.717) is 30.1 Å². The first-order chi connectivity index (χ1) is 10.2. The van der Waals surface area contributed by atoms with E-state index in [2.05, 4.69) is 5.32 Å². The average molecular weight is 308 g/mol. The molecule has 2 nitrogen and oxygen atoms in total. The fourth-order valence-electron chi connectivity index (χ4n) is 2.19. The summed E-state index contributed by atoms with van der Waals surface area (Å²) in [7, 11) is 0. The second kappa shape index (κ2) is 8.13. The van der Waals surface area contributed by atoms with Gasteiger partial charge in [0.15, 0.2) is 0 Å². The van der Waals surface area contributed by atoms with Gasteiger partial charge in [0.2, 0.25) is 0 Å². The van der Waals surface area contributed by atoms with Gasteiger partial charge in [-0.25, -0.2) is 4.39 Å². The van der Waals surface area contributed by atoms with Gasteiger partial charge in [0.1, 0.15) is 5.82 Å². The number of hydrogen-bond acceptors (Lipinski definition) is 2. The normalized spacial score (nSPS) is 12.3. The predicted octanol–water partition coefficient (Wildman–Crippen LogP) is 3.73. The number of hydrogen-bond donors (Lipinski definition) is 2. The monoisotopic (exact) mass is 307 g/mol. The van der Waals surface area contributed by atoms with Gasteiger partial charge >= 0.3 is 0 Å². The second-order valence-electron chi connectivity index (χ2n) is 4.93. The molecule has 2 N–H and O–H groups in total. The van der Waals surface area contributed by atoms with Crippen molar-refractivity contribution in [2.75, 3.05) is 13.1 Å². The zero-order valence-corrected chi connectivity index (χ0v) is 12.5. The van der Waals surface area contributed by atoms with Gasteiger partial charge in [-0.1, -0.05) is 48.0 Å². The highest BCUT2D eigenvalue weighted by Gasteiger charge is 2.07. The van der Waals surface area contributed by atoms with Crippen molar-refractivity contribution in [3.63, 3.8) is 0 Å². The Balaban J connectivity index is 1.71. The lowest BCUT2D eigenvalue weighted by molar-refractivity contribution is 0.175. The first kappa shape index (κ1) is 16.0. The smallest absolute Gasteiger partial charge is 0.127 e. The van der Waals surface area contributed by atoms with Crippen LogP contribution in [0, 0.1) is 5.82 Å². The first-order valence-electron chi connectivity index (χ1n) is 7.05. The standard InChI is InChI=1S/C17H19ClFNO/c18-15-9-4-10-16(19)14(15)8-5-11-20-12-17(21)13-6-2-1-3-7-13/h1-4,6-7,9-10,17,20-21H,5,8,11-12H2. The predicted molar refractivity (Wildman–Crippen MR) is 84.0 cm³/mol. The lowest BCUT2D eigenvalue weighted by atomic mass is 10.1. The molecule has 1 atom stereocenters. The Morgan fingerprint density at radius 2 is 1.86 bits per heavy atom. The number of aliphatic hydroxyl groups is 1. The lowest BCUT2D eigenvalue weighted by Crippen LogP contribution is -2.23. The Hall–Kier alpha value is -1.42. The molecule has 4 heteroatoms. The minimum absolute atomic E-state index is 0.258. The summed E-state index contributed by atoms with van der Waals surface area (Å²) in [4.78, 5) is 0. The number of halogens is 2. The van der Waals surface area contributed by atoms with Crippen molar-refractivity contribution in [3.05, 3.63) is 70.5 Å². The van der Waals surface area contributed by atoms with Gasteiger partial charge in [0.05, 0.1) is 6.10 Å². The van der Waals surface area contributed by atoms with E-state index in [4.69, 9.17) is 11.6 Å². The van der Waals surface area contributed by atoms with Gasteiger partial charge in [-0.15, -0.1) is 0 Å². The highest BCUT2D eigenvalue weighted by atomic mass is 35.5. The summed E-state index contributed by atoms with van der Waals surface area (Å²) in [6.07, 6.45) is 0.825. The third-order valence-electron chi connectivity index (χ3n) is 3.36. The fraction of sp³-hybridized carbons (Fsp3) is 0.294. The molecule has 2 aromatic carbocycles. The largest absolute Gasteiger partial charge is 0.387 e. The molecule has 112 valence electrons. The molecule has 0 bridgehead atoms. The third kappa shape index (κ3) is 4.81. The van der Waals surface area contributed by atoms with Crippen LogP contribution in [0.15, 0.2) is 48.5 Å². The van der Waals surface area contributed by atoms with E-state index >= 15 is 0 Å². The molecule has 0 saturated heterocycles. The molecule has 0 aliphatic carbocycles. The SMILES string of the molecule is OC(CNCCCc1c(F)cccc1Cl)c1ccccc1. The van der Waals surface area contributed by atoms with E-state index in [1.807, 2.05) is 30.3 Å².